The maximum absolute atomic E-state index is 12.8. The highest BCUT2D eigenvalue weighted by molar-refractivity contribution is 7.14. The van der Waals surface area contributed by atoms with Crippen LogP contribution in [0.15, 0.2) is 60.0 Å². The molecule has 7 heteroatoms. The summed E-state index contributed by atoms with van der Waals surface area (Å²) in [5.41, 5.74) is 2.81. The number of likely N-dealkylation sites (tertiary alicyclic amines) is 1. The minimum Gasteiger partial charge on any atom is -0.497 e. The van der Waals surface area contributed by atoms with Crippen molar-refractivity contribution in [1.29, 1.82) is 0 Å². The lowest BCUT2D eigenvalue weighted by Gasteiger charge is -2.25. The second kappa shape index (κ2) is 8.67. The van der Waals surface area contributed by atoms with Gasteiger partial charge in [0.1, 0.15) is 5.75 Å². The second-order valence-electron chi connectivity index (χ2n) is 7.29. The average molecular weight is 422 g/mol. The van der Waals surface area contributed by atoms with E-state index in [4.69, 9.17) is 4.74 Å². The van der Waals surface area contributed by atoms with E-state index in [0.29, 0.717) is 11.7 Å². The number of methoxy groups -OCH3 is 1. The molecular formula is C23H23N3O3S. The molecule has 30 heavy (non-hydrogen) atoms. The summed E-state index contributed by atoms with van der Waals surface area (Å²) in [5.74, 6) is 0.242. The Balaban J connectivity index is 1.40. The molecule has 0 bridgehead atoms. The smallest absolute Gasteiger partial charge is 0.231 e. The van der Waals surface area contributed by atoms with E-state index in [1.54, 1.807) is 12.0 Å². The molecule has 1 aliphatic rings. The fraction of sp³-hybridized carbons (Fsp3) is 0.261. The fourth-order valence-electron chi connectivity index (χ4n) is 3.63. The third kappa shape index (κ3) is 4.21. The van der Waals surface area contributed by atoms with Crippen molar-refractivity contribution in [3.8, 4) is 17.0 Å². The highest BCUT2D eigenvalue weighted by Gasteiger charge is 2.37. The Morgan fingerprint density at radius 1 is 1.20 bits per heavy atom. The van der Waals surface area contributed by atoms with Crippen molar-refractivity contribution >= 4 is 28.3 Å². The van der Waals surface area contributed by atoms with Gasteiger partial charge in [-0.1, -0.05) is 30.3 Å². The molecule has 0 saturated carbocycles. The number of hydrogen-bond acceptors (Lipinski definition) is 5. The number of ether oxygens (including phenoxy) is 1. The van der Waals surface area contributed by atoms with Crippen LogP contribution in [-0.4, -0.2) is 35.4 Å². The number of rotatable bonds is 6. The van der Waals surface area contributed by atoms with E-state index in [9.17, 15) is 9.59 Å². The molecular weight excluding hydrogens is 398 g/mol. The molecule has 0 aliphatic carbocycles. The van der Waals surface area contributed by atoms with Crippen LogP contribution in [0.25, 0.3) is 11.3 Å². The predicted octanol–water partition coefficient (Wildman–Crippen LogP) is 4.37. The number of benzene rings is 2. The van der Waals surface area contributed by atoms with Gasteiger partial charge in [0.2, 0.25) is 11.8 Å². The van der Waals surface area contributed by atoms with Gasteiger partial charge in [-0.15, -0.1) is 11.3 Å². The van der Waals surface area contributed by atoms with Gasteiger partial charge in [-0.05, 0) is 36.8 Å². The van der Waals surface area contributed by atoms with E-state index in [-0.39, 0.29) is 30.2 Å². The maximum atomic E-state index is 12.8. The second-order valence-corrected chi connectivity index (χ2v) is 8.15. The summed E-state index contributed by atoms with van der Waals surface area (Å²) in [4.78, 5) is 31.6. The summed E-state index contributed by atoms with van der Waals surface area (Å²) in [6.07, 6.45) is 0.222. The molecule has 154 valence electrons. The number of carbonyl (C=O) groups excluding carboxylic acids is 2. The molecule has 0 unspecified atom stereocenters. The molecule has 6 nitrogen and oxygen atoms in total. The Morgan fingerprint density at radius 2 is 1.93 bits per heavy atom. The molecule has 0 radical (unpaired) electrons. The molecule has 2 heterocycles. The maximum Gasteiger partial charge on any atom is 0.231 e. The number of thiazole rings is 1. The number of hydrogen-bond donors (Lipinski definition) is 1. The number of aromatic nitrogens is 1. The minimum atomic E-state index is -0.378. The summed E-state index contributed by atoms with van der Waals surface area (Å²) >= 11 is 1.37. The quantitative estimate of drug-likeness (QED) is 0.642. The molecule has 1 saturated heterocycles. The lowest BCUT2D eigenvalue weighted by Crippen LogP contribution is -2.30. The van der Waals surface area contributed by atoms with E-state index < -0.39 is 0 Å². The third-order valence-electron chi connectivity index (χ3n) is 5.40. The van der Waals surface area contributed by atoms with E-state index in [1.165, 1.54) is 11.3 Å². The van der Waals surface area contributed by atoms with Crippen molar-refractivity contribution in [3.05, 3.63) is 65.5 Å². The van der Waals surface area contributed by atoms with Gasteiger partial charge in [0.05, 0.1) is 24.8 Å². The van der Waals surface area contributed by atoms with Gasteiger partial charge < -0.3 is 15.0 Å². The predicted molar refractivity (Wildman–Crippen MR) is 117 cm³/mol. The van der Waals surface area contributed by atoms with E-state index in [2.05, 4.69) is 10.3 Å². The average Bonchev–Trinajstić information content (AvgIpc) is 3.40. The highest BCUT2D eigenvalue weighted by Crippen LogP contribution is 2.30. The number of amides is 2. The molecule has 1 fully saturated rings. The van der Waals surface area contributed by atoms with Crippen molar-refractivity contribution in [2.75, 3.05) is 19.0 Å². The standard InChI is InChI=1S/C23H23N3O3S/c1-15(16-6-4-3-5-7-16)26-13-18(12-21(26)27)22(28)25-23-24-20(14-30-23)17-8-10-19(29-2)11-9-17/h3-11,14-15,18H,12-13H2,1-2H3,(H,24,25,28)/t15-,18-/m0/s1. The summed E-state index contributed by atoms with van der Waals surface area (Å²) in [6, 6.07) is 17.4. The van der Waals surface area contributed by atoms with Crippen LogP contribution in [0.2, 0.25) is 0 Å². The van der Waals surface area contributed by atoms with Gasteiger partial charge >= 0.3 is 0 Å². The molecule has 2 atom stereocenters. The van der Waals surface area contributed by atoms with E-state index in [1.807, 2.05) is 66.9 Å². The highest BCUT2D eigenvalue weighted by atomic mass is 32.1. The van der Waals surface area contributed by atoms with Crippen LogP contribution in [0.1, 0.15) is 24.9 Å². The monoisotopic (exact) mass is 421 g/mol. The summed E-state index contributed by atoms with van der Waals surface area (Å²) < 4.78 is 5.18. The van der Waals surface area contributed by atoms with Crippen molar-refractivity contribution in [2.45, 2.75) is 19.4 Å². The van der Waals surface area contributed by atoms with E-state index in [0.717, 1.165) is 22.6 Å². The zero-order valence-electron chi connectivity index (χ0n) is 16.9. The Hall–Kier alpha value is -3.19. The van der Waals surface area contributed by atoms with Crippen LogP contribution in [-0.2, 0) is 9.59 Å². The summed E-state index contributed by atoms with van der Waals surface area (Å²) in [7, 11) is 1.63. The van der Waals surface area contributed by atoms with Crippen LogP contribution in [0.3, 0.4) is 0 Å². The van der Waals surface area contributed by atoms with Crippen LogP contribution >= 0.6 is 11.3 Å². The molecule has 1 aromatic heterocycles. The van der Waals surface area contributed by atoms with Crippen molar-refractivity contribution in [1.82, 2.24) is 9.88 Å². The summed E-state index contributed by atoms with van der Waals surface area (Å²) in [6.45, 7) is 2.41. The molecule has 0 spiro atoms. The van der Waals surface area contributed by atoms with Crippen molar-refractivity contribution < 1.29 is 14.3 Å². The molecule has 1 aliphatic heterocycles. The lowest BCUT2D eigenvalue weighted by atomic mass is 10.1. The first-order valence-corrected chi connectivity index (χ1v) is 10.7. The summed E-state index contributed by atoms with van der Waals surface area (Å²) in [5, 5.41) is 5.32. The Labute approximate surface area is 179 Å². The Morgan fingerprint density at radius 3 is 2.63 bits per heavy atom. The first-order chi connectivity index (χ1) is 14.5. The van der Waals surface area contributed by atoms with Gasteiger partial charge in [-0.2, -0.15) is 0 Å². The lowest BCUT2D eigenvalue weighted by molar-refractivity contribution is -0.129. The van der Waals surface area contributed by atoms with Crippen molar-refractivity contribution in [3.63, 3.8) is 0 Å². The SMILES string of the molecule is COc1ccc(-c2csc(NC(=O)[C@H]3CC(=O)N([C@@H](C)c4ccccc4)C3)n2)cc1. The molecule has 2 amide bonds. The van der Waals surface area contributed by atoms with Gasteiger partial charge in [-0.3, -0.25) is 9.59 Å². The third-order valence-corrected chi connectivity index (χ3v) is 6.16. The molecule has 3 aromatic rings. The fourth-order valence-corrected chi connectivity index (χ4v) is 4.35. The number of anilines is 1. The molecule has 4 rings (SSSR count). The number of nitrogens with one attached hydrogen (secondary N) is 1. The topological polar surface area (TPSA) is 71.5 Å². The Kier molecular flexibility index (Phi) is 5.81. The molecule has 2 aromatic carbocycles. The van der Waals surface area contributed by atoms with Crippen LogP contribution < -0.4 is 10.1 Å². The Bertz CT molecular complexity index is 1030. The van der Waals surface area contributed by atoms with Gasteiger partial charge in [-0.25, -0.2) is 4.98 Å². The first kappa shape index (κ1) is 20.1. The molecule has 1 N–H and O–H groups in total. The zero-order valence-corrected chi connectivity index (χ0v) is 17.7. The van der Waals surface area contributed by atoms with E-state index >= 15 is 0 Å². The van der Waals surface area contributed by atoms with Crippen LogP contribution in [0, 0.1) is 5.92 Å². The van der Waals surface area contributed by atoms with Crippen LogP contribution in [0.5, 0.6) is 5.75 Å². The van der Waals surface area contributed by atoms with Gasteiger partial charge in [0.15, 0.2) is 5.13 Å². The number of nitrogens with zero attached hydrogens (tertiary/aromatic N) is 2. The van der Waals surface area contributed by atoms with Crippen molar-refractivity contribution in [2.24, 2.45) is 5.92 Å². The van der Waals surface area contributed by atoms with Gasteiger partial charge in [0, 0.05) is 23.9 Å². The normalized spacial score (nSPS) is 17.1. The first-order valence-electron chi connectivity index (χ1n) is 9.80. The zero-order chi connectivity index (χ0) is 21.1. The largest absolute Gasteiger partial charge is 0.497 e. The number of carbonyl (C=O) groups is 2. The minimum absolute atomic E-state index is 0.00423. The van der Waals surface area contributed by atoms with Gasteiger partial charge in [0.25, 0.3) is 0 Å². The van der Waals surface area contributed by atoms with Crippen LogP contribution in [0.4, 0.5) is 5.13 Å².